The molecule has 61 heavy (non-hydrogen) atoms. The number of carboxylic acids is 1. The lowest BCUT2D eigenvalue weighted by molar-refractivity contribution is -0.147. The van der Waals surface area contributed by atoms with Gasteiger partial charge in [-0.2, -0.15) is 0 Å². The Kier molecular flexibility index (Phi) is 14.8. The minimum absolute atomic E-state index is 0.0539. The van der Waals surface area contributed by atoms with Crippen molar-refractivity contribution < 1.29 is 38.6 Å². The second kappa shape index (κ2) is 20.6. The van der Waals surface area contributed by atoms with Crippen LogP contribution in [0, 0.1) is 5.92 Å². The number of hydrogen-bond acceptors (Lipinski definition) is 8. The van der Waals surface area contributed by atoms with E-state index in [4.69, 9.17) is 4.74 Å². The zero-order valence-electron chi connectivity index (χ0n) is 34.1. The van der Waals surface area contributed by atoms with Gasteiger partial charge in [-0.1, -0.05) is 103 Å². The number of amides is 4. The van der Waals surface area contributed by atoms with Gasteiger partial charge in [-0.05, 0) is 84.5 Å². The molecule has 1 aromatic heterocycles. The number of thiophene rings is 1. The molecule has 0 saturated carbocycles. The van der Waals surface area contributed by atoms with Crippen molar-refractivity contribution in [2.75, 3.05) is 6.61 Å². The Labute approximate surface area is 359 Å². The van der Waals surface area contributed by atoms with Crippen molar-refractivity contribution >= 4 is 46.7 Å². The Morgan fingerprint density at radius 3 is 1.97 bits per heavy atom. The summed E-state index contributed by atoms with van der Waals surface area (Å²) in [4.78, 5) is 83.3. The largest absolute Gasteiger partial charge is 0.484 e. The molecule has 0 saturated heterocycles. The van der Waals surface area contributed by atoms with Gasteiger partial charge < -0.3 is 31.1 Å². The summed E-state index contributed by atoms with van der Waals surface area (Å²) < 4.78 is 5.77. The van der Waals surface area contributed by atoms with Crippen LogP contribution in [0.2, 0.25) is 0 Å². The van der Waals surface area contributed by atoms with Gasteiger partial charge in [0.1, 0.15) is 23.4 Å². The molecule has 0 spiro atoms. The number of ether oxygens (including phenoxy) is 1. The van der Waals surface area contributed by atoms with Gasteiger partial charge in [-0.3, -0.25) is 24.0 Å². The van der Waals surface area contributed by atoms with Crippen molar-refractivity contribution in [2.24, 2.45) is 5.92 Å². The van der Waals surface area contributed by atoms with Crippen molar-refractivity contribution in [2.45, 2.75) is 76.0 Å². The number of nitrogens with one attached hydrogen (secondary N) is 4. The zero-order chi connectivity index (χ0) is 43.4. The number of fused-ring (bicyclic) bond motifs is 16. The Bertz CT molecular complexity index is 2280. The molecule has 2 aliphatic heterocycles. The fourth-order valence-corrected chi connectivity index (χ4v) is 7.81. The van der Waals surface area contributed by atoms with Crippen LogP contribution in [-0.2, 0) is 54.5 Å². The molecule has 3 heterocycles. The van der Waals surface area contributed by atoms with Gasteiger partial charge in [0, 0.05) is 30.1 Å². The van der Waals surface area contributed by atoms with E-state index >= 15 is 0 Å². The normalized spacial score (nSPS) is 19.2. The second-order valence-electron chi connectivity index (χ2n) is 15.7. The maximum atomic E-state index is 14.6. The summed E-state index contributed by atoms with van der Waals surface area (Å²) in [6, 6.07) is 33.9. The maximum Gasteiger partial charge on any atom is 0.328 e. The van der Waals surface area contributed by atoms with E-state index in [9.17, 15) is 33.9 Å². The summed E-state index contributed by atoms with van der Waals surface area (Å²) in [6.45, 7) is 2.31. The van der Waals surface area contributed by atoms with Crippen LogP contribution in [0.1, 0.15) is 48.3 Å². The van der Waals surface area contributed by atoms with E-state index in [2.05, 4.69) is 21.3 Å². The van der Waals surface area contributed by atoms with Crippen LogP contribution < -0.4 is 26.0 Å². The molecule has 0 fully saturated rings. The summed E-state index contributed by atoms with van der Waals surface area (Å²) >= 11 is 1.43. The first-order valence-electron chi connectivity index (χ1n) is 20.2. The molecule has 0 unspecified atom stereocenters. The number of rotatable bonds is 11. The monoisotopic (exact) mass is 842 g/mol. The van der Waals surface area contributed by atoms with E-state index < -0.39 is 71.6 Å². The van der Waals surface area contributed by atoms with Crippen LogP contribution in [0.25, 0.3) is 11.1 Å². The third kappa shape index (κ3) is 12.7. The van der Waals surface area contributed by atoms with Gasteiger partial charge >= 0.3 is 5.97 Å². The number of aryl methyl sites for hydroxylation is 1. The van der Waals surface area contributed by atoms with E-state index in [1.54, 1.807) is 24.3 Å². The maximum absolute atomic E-state index is 14.6. The Balaban J connectivity index is 1.35. The first-order valence-corrected chi connectivity index (χ1v) is 21.1. The summed E-state index contributed by atoms with van der Waals surface area (Å²) in [5.74, 6) is -4.77. The molecule has 2 aliphatic rings. The Morgan fingerprint density at radius 2 is 1.33 bits per heavy atom. The highest BCUT2D eigenvalue weighted by atomic mass is 32.1. The van der Waals surface area contributed by atoms with E-state index in [0.29, 0.717) is 17.7 Å². The van der Waals surface area contributed by atoms with Gasteiger partial charge in [-0.15, -0.1) is 11.3 Å². The molecule has 12 nitrogen and oxygen atoms in total. The summed E-state index contributed by atoms with van der Waals surface area (Å²) in [7, 11) is 0. The predicted octanol–water partition coefficient (Wildman–Crippen LogP) is 5.48. The number of aliphatic carboxylic acids is 1. The van der Waals surface area contributed by atoms with Crippen molar-refractivity contribution in [1.82, 2.24) is 21.3 Å². The quantitative estimate of drug-likeness (QED) is 0.109. The highest BCUT2D eigenvalue weighted by molar-refractivity contribution is 7.09. The van der Waals surface area contributed by atoms with Crippen LogP contribution in [0.3, 0.4) is 0 Å². The number of hydrogen-bond donors (Lipinski definition) is 5. The standard InChI is InChI=1S/C48H50N4O8S/c1-48(2,47(58)59)52-44(55)36-26-32-17-22-37(23-18-32)60-30-43(54)49-41(29-38-14-9-25-61-38)46(57)51-40(27-33-15-20-35(21-16-33)34-12-7-4-8-13-34)45(56)50-39(42(53)28-36)24-19-31-10-5-3-6-11-31/h3-18,20-23,25,36,39-41H,19,24,26-30H2,1-2H3,(H,49,54)(H,50,56)(H,51,57)(H,52,55)(H,58,59)/t36-,39-,40+,41-/m1/s1. The van der Waals surface area contributed by atoms with E-state index in [1.807, 2.05) is 102 Å². The second-order valence-corrected chi connectivity index (χ2v) is 16.8. The molecule has 2 bridgehead atoms. The Morgan fingerprint density at radius 1 is 0.705 bits per heavy atom. The highest BCUT2D eigenvalue weighted by Crippen LogP contribution is 2.23. The number of benzene rings is 4. The minimum Gasteiger partial charge on any atom is -0.484 e. The number of carboxylic acid groups (broad SMARTS) is 1. The van der Waals surface area contributed by atoms with Crippen LogP contribution >= 0.6 is 11.3 Å². The number of ketones is 1. The molecule has 316 valence electrons. The molecule has 13 heteroatoms. The molecule has 0 radical (unpaired) electrons. The lowest BCUT2D eigenvalue weighted by atomic mass is 9.88. The van der Waals surface area contributed by atoms with Crippen molar-refractivity contribution in [3.8, 4) is 16.9 Å². The van der Waals surface area contributed by atoms with Gasteiger partial charge in [-0.25, -0.2) is 4.79 Å². The van der Waals surface area contributed by atoms with Gasteiger partial charge in [0.2, 0.25) is 17.7 Å². The third-order valence-electron chi connectivity index (χ3n) is 10.6. The van der Waals surface area contributed by atoms with Crippen molar-refractivity contribution in [3.05, 3.63) is 148 Å². The third-order valence-corrected chi connectivity index (χ3v) is 11.5. The lowest BCUT2D eigenvalue weighted by Crippen LogP contribution is -2.57. The summed E-state index contributed by atoms with van der Waals surface area (Å²) in [6.07, 6.45) is 0.546. The van der Waals surface area contributed by atoms with Crippen LogP contribution in [-0.4, -0.2) is 70.8 Å². The van der Waals surface area contributed by atoms with E-state index in [-0.39, 0.29) is 32.1 Å². The number of carbonyl (C=O) groups excluding carboxylic acids is 5. The van der Waals surface area contributed by atoms with Gasteiger partial charge in [0.05, 0.1) is 6.04 Å². The molecule has 5 N–H and O–H groups in total. The molecule has 0 aliphatic carbocycles. The fourth-order valence-electron chi connectivity index (χ4n) is 7.06. The number of carbonyl (C=O) groups is 6. The highest BCUT2D eigenvalue weighted by Gasteiger charge is 2.35. The molecular formula is C48H50N4O8S. The summed E-state index contributed by atoms with van der Waals surface area (Å²) in [5, 5.41) is 22.9. The molecule has 7 rings (SSSR count). The van der Waals surface area contributed by atoms with Gasteiger partial charge in [0.25, 0.3) is 5.91 Å². The average molecular weight is 843 g/mol. The smallest absolute Gasteiger partial charge is 0.328 e. The molecule has 4 aromatic carbocycles. The molecule has 4 amide bonds. The van der Waals surface area contributed by atoms with Crippen molar-refractivity contribution in [3.63, 3.8) is 0 Å². The molecular weight excluding hydrogens is 793 g/mol. The zero-order valence-corrected chi connectivity index (χ0v) is 34.9. The van der Waals surface area contributed by atoms with Crippen LogP contribution in [0.15, 0.2) is 127 Å². The van der Waals surface area contributed by atoms with Crippen LogP contribution in [0.4, 0.5) is 0 Å². The first kappa shape index (κ1) is 44.0. The first-order chi connectivity index (χ1) is 29.3. The molecule has 5 aromatic rings. The minimum atomic E-state index is -1.63. The van der Waals surface area contributed by atoms with Crippen molar-refractivity contribution in [1.29, 1.82) is 0 Å². The van der Waals surface area contributed by atoms with E-state index in [1.165, 1.54) is 25.2 Å². The molecule has 4 atom stereocenters. The van der Waals surface area contributed by atoms with E-state index in [0.717, 1.165) is 27.1 Å². The topological polar surface area (TPSA) is 180 Å². The summed E-state index contributed by atoms with van der Waals surface area (Å²) in [5.41, 5.74) is 2.67. The fraction of sp³-hybridized carbons (Fsp3) is 0.292. The number of Topliss-reactive ketones (excluding diaryl/α,β-unsaturated/α-hetero) is 1. The lowest BCUT2D eigenvalue weighted by Gasteiger charge is -2.27. The predicted molar refractivity (Wildman–Crippen MR) is 233 cm³/mol. The average Bonchev–Trinajstić information content (AvgIpc) is 3.77. The van der Waals surface area contributed by atoms with Gasteiger partial charge in [0.15, 0.2) is 12.4 Å². The van der Waals surface area contributed by atoms with Crippen LogP contribution in [0.5, 0.6) is 5.75 Å². The Hall–Kier alpha value is -6.60. The SMILES string of the molecule is CC(C)(NC(=O)[C@H]1CC(=O)[C@@H](CCc2ccccc2)NC(=O)[C@H](Cc2ccc(-c3ccccc3)cc2)NC(=O)[C@@H](Cc2cccs2)NC(=O)COc2ccc(cc2)C1)C(=O)O.